The Hall–Kier alpha value is -2.04. The lowest BCUT2D eigenvalue weighted by molar-refractivity contribution is -0.141. The Labute approximate surface area is 112 Å². The van der Waals surface area contributed by atoms with Crippen LogP contribution in [0.15, 0.2) is 18.2 Å². The predicted octanol–water partition coefficient (Wildman–Crippen LogP) is 2.40. The van der Waals surface area contributed by atoms with Crippen LogP contribution in [0.3, 0.4) is 0 Å². The summed E-state index contributed by atoms with van der Waals surface area (Å²) in [5, 5.41) is 12.2. The van der Waals surface area contributed by atoms with Crippen LogP contribution in [0, 0.1) is 12.8 Å². The summed E-state index contributed by atoms with van der Waals surface area (Å²) < 4.78 is 2.03. The van der Waals surface area contributed by atoms with Crippen molar-refractivity contribution in [3.8, 4) is 0 Å². The zero-order chi connectivity index (χ0) is 14.0. The van der Waals surface area contributed by atoms with Gasteiger partial charge >= 0.3 is 5.97 Å². The van der Waals surface area contributed by atoms with Crippen LogP contribution in [0.5, 0.6) is 0 Å². The van der Waals surface area contributed by atoms with Gasteiger partial charge in [-0.2, -0.15) is 0 Å². The summed E-state index contributed by atoms with van der Waals surface area (Å²) in [5.41, 5.74) is 2.91. The molecule has 0 radical (unpaired) electrons. The molecule has 0 amide bonds. The van der Waals surface area contributed by atoms with Crippen molar-refractivity contribution in [2.45, 2.75) is 20.3 Å². The fourth-order valence-electron chi connectivity index (χ4n) is 2.08. The SMILES string of the molecule is CCC(CNc1ccc2c(c1)nc(C)n2C)C(=O)O. The largest absolute Gasteiger partial charge is 0.481 e. The number of hydrogen-bond acceptors (Lipinski definition) is 3. The standard InChI is InChI=1S/C14H19N3O2/c1-4-10(14(18)19)8-15-11-5-6-13-12(7-11)16-9(2)17(13)3/h5-7,10,15H,4,8H2,1-3H3,(H,18,19). The van der Waals surface area contributed by atoms with Crippen molar-refractivity contribution >= 4 is 22.7 Å². The molecule has 0 saturated carbocycles. The maximum absolute atomic E-state index is 11.0. The average Bonchev–Trinajstić information content (AvgIpc) is 2.65. The van der Waals surface area contributed by atoms with Crippen LogP contribution >= 0.6 is 0 Å². The first-order valence-electron chi connectivity index (χ1n) is 6.42. The van der Waals surface area contributed by atoms with Gasteiger partial charge in [0.2, 0.25) is 0 Å². The molecule has 0 aliphatic carbocycles. The zero-order valence-electron chi connectivity index (χ0n) is 11.5. The second kappa shape index (κ2) is 5.30. The van der Waals surface area contributed by atoms with Crippen LogP contribution < -0.4 is 5.32 Å². The molecule has 5 heteroatoms. The van der Waals surface area contributed by atoms with Gasteiger partial charge in [-0.1, -0.05) is 6.92 Å². The van der Waals surface area contributed by atoms with Gasteiger partial charge in [-0.05, 0) is 31.5 Å². The number of hydrogen-bond donors (Lipinski definition) is 2. The summed E-state index contributed by atoms with van der Waals surface area (Å²) in [7, 11) is 1.98. The number of nitrogens with zero attached hydrogens (tertiary/aromatic N) is 2. The molecule has 0 fully saturated rings. The molecular weight excluding hydrogens is 242 g/mol. The number of anilines is 1. The summed E-state index contributed by atoms with van der Waals surface area (Å²) in [4.78, 5) is 15.4. The summed E-state index contributed by atoms with van der Waals surface area (Å²) in [6.07, 6.45) is 0.618. The smallest absolute Gasteiger partial charge is 0.308 e. The number of benzene rings is 1. The number of aryl methyl sites for hydroxylation is 2. The molecular formula is C14H19N3O2. The highest BCUT2D eigenvalue weighted by molar-refractivity contribution is 5.80. The van der Waals surface area contributed by atoms with Gasteiger partial charge < -0.3 is 15.0 Å². The maximum atomic E-state index is 11.0. The van der Waals surface area contributed by atoms with Crippen LogP contribution in [0.4, 0.5) is 5.69 Å². The van der Waals surface area contributed by atoms with Crippen LogP contribution in [0.1, 0.15) is 19.2 Å². The monoisotopic (exact) mass is 261 g/mol. The molecule has 102 valence electrons. The third kappa shape index (κ3) is 2.70. The van der Waals surface area contributed by atoms with Crippen LogP contribution in [-0.4, -0.2) is 27.2 Å². The minimum Gasteiger partial charge on any atom is -0.481 e. The van der Waals surface area contributed by atoms with Crippen LogP contribution in [-0.2, 0) is 11.8 Å². The van der Waals surface area contributed by atoms with Gasteiger partial charge in [0.05, 0.1) is 17.0 Å². The first kappa shape index (κ1) is 13.4. The molecule has 1 aromatic heterocycles. The molecule has 1 aromatic carbocycles. The minimum atomic E-state index is -0.759. The third-order valence-corrected chi connectivity index (χ3v) is 3.50. The zero-order valence-corrected chi connectivity index (χ0v) is 11.5. The number of carboxylic acids is 1. The lowest BCUT2D eigenvalue weighted by atomic mass is 10.1. The average molecular weight is 261 g/mol. The second-order valence-electron chi connectivity index (χ2n) is 4.75. The number of carbonyl (C=O) groups is 1. The normalized spacial score (nSPS) is 12.6. The van der Waals surface area contributed by atoms with Crippen molar-refractivity contribution in [3.05, 3.63) is 24.0 Å². The first-order chi connectivity index (χ1) is 9.02. The molecule has 5 nitrogen and oxygen atoms in total. The van der Waals surface area contributed by atoms with Gasteiger partial charge in [-0.3, -0.25) is 4.79 Å². The Bertz CT molecular complexity index is 604. The lowest BCUT2D eigenvalue weighted by Gasteiger charge is -2.12. The van der Waals surface area contributed by atoms with Gasteiger partial charge in [-0.15, -0.1) is 0 Å². The van der Waals surface area contributed by atoms with Crippen molar-refractivity contribution in [2.24, 2.45) is 13.0 Å². The van der Waals surface area contributed by atoms with E-state index in [0.717, 1.165) is 22.5 Å². The number of imidazole rings is 1. The molecule has 1 heterocycles. The van der Waals surface area contributed by atoms with E-state index in [-0.39, 0.29) is 5.92 Å². The number of rotatable bonds is 5. The number of aromatic nitrogens is 2. The predicted molar refractivity (Wildman–Crippen MR) is 75.4 cm³/mol. The molecule has 19 heavy (non-hydrogen) atoms. The van der Waals surface area contributed by atoms with Crippen LogP contribution in [0.25, 0.3) is 11.0 Å². The Kier molecular flexibility index (Phi) is 3.74. The van der Waals surface area contributed by atoms with E-state index in [1.807, 2.05) is 43.7 Å². The highest BCUT2D eigenvalue weighted by Gasteiger charge is 2.14. The lowest BCUT2D eigenvalue weighted by Crippen LogP contribution is -2.21. The minimum absolute atomic E-state index is 0.360. The van der Waals surface area contributed by atoms with Crippen molar-refractivity contribution < 1.29 is 9.90 Å². The topological polar surface area (TPSA) is 67.2 Å². The van der Waals surface area contributed by atoms with Crippen molar-refractivity contribution in [3.63, 3.8) is 0 Å². The van der Waals surface area contributed by atoms with E-state index in [0.29, 0.717) is 13.0 Å². The van der Waals surface area contributed by atoms with E-state index in [1.165, 1.54) is 0 Å². The molecule has 2 aromatic rings. The molecule has 2 rings (SSSR count). The highest BCUT2D eigenvalue weighted by Crippen LogP contribution is 2.19. The van der Waals surface area contributed by atoms with Gasteiger partial charge in [0.1, 0.15) is 5.82 Å². The van der Waals surface area contributed by atoms with Crippen molar-refractivity contribution in [1.82, 2.24) is 9.55 Å². The molecule has 0 bridgehead atoms. The third-order valence-electron chi connectivity index (χ3n) is 3.50. The summed E-state index contributed by atoms with van der Waals surface area (Å²) in [5.74, 6) is -0.157. The summed E-state index contributed by atoms with van der Waals surface area (Å²) >= 11 is 0. The van der Waals surface area contributed by atoms with Gasteiger partial charge in [0.25, 0.3) is 0 Å². The Morgan fingerprint density at radius 1 is 1.53 bits per heavy atom. The van der Waals surface area contributed by atoms with E-state index in [9.17, 15) is 4.79 Å². The quantitative estimate of drug-likeness (QED) is 0.867. The van der Waals surface area contributed by atoms with E-state index in [4.69, 9.17) is 5.11 Å². The number of aliphatic carboxylic acids is 1. The molecule has 0 aliphatic heterocycles. The Morgan fingerprint density at radius 2 is 2.26 bits per heavy atom. The van der Waals surface area contributed by atoms with E-state index < -0.39 is 5.97 Å². The van der Waals surface area contributed by atoms with Gasteiger partial charge in [0.15, 0.2) is 0 Å². The van der Waals surface area contributed by atoms with Crippen LogP contribution in [0.2, 0.25) is 0 Å². The Morgan fingerprint density at radius 3 is 2.89 bits per heavy atom. The highest BCUT2D eigenvalue weighted by atomic mass is 16.4. The summed E-state index contributed by atoms with van der Waals surface area (Å²) in [6, 6.07) is 5.91. The van der Waals surface area contributed by atoms with Crippen molar-refractivity contribution in [1.29, 1.82) is 0 Å². The molecule has 0 saturated heterocycles. The first-order valence-corrected chi connectivity index (χ1v) is 6.42. The maximum Gasteiger partial charge on any atom is 0.308 e. The summed E-state index contributed by atoms with van der Waals surface area (Å²) in [6.45, 7) is 4.28. The molecule has 0 spiro atoms. The molecule has 1 unspecified atom stereocenters. The molecule has 1 atom stereocenters. The van der Waals surface area contributed by atoms with Gasteiger partial charge in [0, 0.05) is 19.3 Å². The van der Waals surface area contributed by atoms with Crippen molar-refractivity contribution in [2.75, 3.05) is 11.9 Å². The van der Waals surface area contributed by atoms with E-state index in [2.05, 4.69) is 10.3 Å². The van der Waals surface area contributed by atoms with Gasteiger partial charge in [-0.25, -0.2) is 4.98 Å². The fourth-order valence-corrected chi connectivity index (χ4v) is 2.08. The Balaban J connectivity index is 2.16. The fraction of sp³-hybridized carbons (Fsp3) is 0.429. The molecule has 0 aliphatic rings. The number of fused-ring (bicyclic) bond motifs is 1. The molecule has 2 N–H and O–H groups in total. The van der Waals surface area contributed by atoms with E-state index in [1.54, 1.807) is 0 Å². The second-order valence-corrected chi connectivity index (χ2v) is 4.75. The number of carboxylic acid groups (broad SMARTS) is 1. The number of nitrogens with one attached hydrogen (secondary N) is 1. The van der Waals surface area contributed by atoms with E-state index >= 15 is 0 Å².